The number of benzene rings is 2. The van der Waals surface area contributed by atoms with Crippen LogP contribution in [0.1, 0.15) is 31.9 Å². The van der Waals surface area contributed by atoms with Gasteiger partial charge in [0, 0.05) is 12.2 Å². The van der Waals surface area contributed by atoms with Crippen molar-refractivity contribution in [2.24, 2.45) is 0 Å². The summed E-state index contributed by atoms with van der Waals surface area (Å²) in [6.07, 6.45) is 0. The summed E-state index contributed by atoms with van der Waals surface area (Å²) >= 11 is 0. The van der Waals surface area contributed by atoms with Crippen LogP contribution >= 0.6 is 0 Å². The Morgan fingerprint density at radius 2 is 1.64 bits per heavy atom. The first-order valence-corrected chi connectivity index (χ1v) is 7.47. The van der Waals surface area contributed by atoms with Crippen LogP contribution in [-0.2, 0) is 12.0 Å². The minimum Gasteiger partial charge on any atom is -0.381 e. The summed E-state index contributed by atoms with van der Waals surface area (Å²) in [4.78, 5) is 16.8. The lowest BCUT2D eigenvalue weighted by atomic mass is 9.87. The first-order chi connectivity index (χ1) is 10.4. The van der Waals surface area contributed by atoms with E-state index < -0.39 is 0 Å². The summed E-state index contributed by atoms with van der Waals surface area (Å²) in [6.45, 7) is 7.40. The lowest BCUT2D eigenvalue weighted by molar-refractivity contribution is 0.590. The van der Waals surface area contributed by atoms with Gasteiger partial charge in [0.25, 0.3) is 0 Å². The van der Waals surface area contributed by atoms with Gasteiger partial charge in [-0.15, -0.1) is 0 Å². The van der Waals surface area contributed by atoms with E-state index >= 15 is 0 Å². The molecule has 0 amide bonds. The molecule has 0 fully saturated rings. The van der Waals surface area contributed by atoms with Crippen molar-refractivity contribution in [2.75, 3.05) is 5.32 Å². The van der Waals surface area contributed by atoms with Crippen molar-refractivity contribution in [1.82, 2.24) is 9.97 Å². The number of nitrogens with one attached hydrogen (secondary N) is 3. The van der Waals surface area contributed by atoms with Crippen LogP contribution in [0.2, 0.25) is 0 Å². The number of imidazole rings is 1. The highest BCUT2D eigenvalue weighted by Crippen LogP contribution is 2.22. The minimum atomic E-state index is -0.176. The monoisotopic (exact) mass is 295 g/mol. The first-order valence-electron chi connectivity index (χ1n) is 7.47. The molecule has 0 atom stereocenters. The highest BCUT2D eigenvalue weighted by molar-refractivity contribution is 5.78. The van der Waals surface area contributed by atoms with Gasteiger partial charge in [0.1, 0.15) is 0 Å². The van der Waals surface area contributed by atoms with Crippen LogP contribution < -0.4 is 11.0 Å². The third kappa shape index (κ3) is 3.06. The highest BCUT2D eigenvalue weighted by atomic mass is 16.1. The highest BCUT2D eigenvalue weighted by Gasteiger charge is 2.12. The molecule has 0 aliphatic rings. The number of fused-ring (bicyclic) bond motifs is 1. The summed E-state index contributed by atoms with van der Waals surface area (Å²) < 4.78 is 0. The molecule has 0 saturated carbocycles. The molecule has 0 bridgehead atoms. The number of aromatic amines is 2. The van der Waals surface area contributed by atoms with E-state index in [1.54, 1.807) is 0 Å². The largest absolute Gasteiger partial charge is 0.381 e. The maximum absolute atomic E-state index is 11.3. The quantitative estimate of drug-likeness (QED) is 0.689. The Hall–Kier alpha value is -2.49. The molecule has 3 N–H and O–H groups in total. The van der Waals surface area contributed by atoms with Gasteiger partial charge in [-0.2, -0.15) is 0 Å². The van der Waals surface area contributed by atoms with Gasteiger partial charge in [-0.3, -0.25) is 0 Å². The normalized spacial score (nSPS) is 11.8. The van der Waals surface area contributed by atoms with Gasteiger partial charge >= 0.3 is 5.69 Å². The number of H-pyrrole nitrogens is 2. The number of aromatic nitrogens is 2. The zero-order valence-corrected chi connectivity index (χ0v) is 13.2. The summed E-state index contributed by atoms with van der Waals surface area (Å²) in [5, 5.41) is 3.38. The van der Waals surface area contributed by atoms with E-state index in [9.17, 15) is 4.79 Å². The molecule has 0 aliphatic heterocycles. The Balaban J connectivity index is 1.72. The Labute approximate surface area is 129 Å². The molecule has 1 heterocycles. The van der Waals surface area contributed by atoms with E-state index in [2.05, 4.69) is 60.3 Å². The first kappa shape index (κ1) is 14.4. The van der Waals surface area contributed by atoms with Gasteiger partial charge in [0.15, 0.2) is 0 Å². The SMILES string of the molecule is CC(C)(C)c1ccc(CNc2ccc3[nH]c(=O)[nH]c3c2)cc1. The van der Waals surface area contributed by atoms with Crippen LogP contribution in [0, 0.1) is 0 Å². The van der Waals surface area contributed by atoms with E-state index in [0.29, 0.717) is 0 Å². The van der Waals surface area contributed by atoms with Crippen molar-refractivity contribution < 1.29 is 0 Å². The van der Waals surface area contributed by atoms with Gasteiger partial charge in [-0.05, 0) is 34.7 Å². The molecule has 114 valence electrons. The van der Waals surface area contributed by atoms with Crippen LogP contribution in [-0.4, -0.2) is 9.97 Å². The molecule has 0 radical (unpaired) electrons. The van der Waals surface area contributed by atoms with Crippen molar-refractivity contribution in [2.45, 2.75) is 32.7 Å². The predicted octanol–water partition coefficient (Wildman–Crippen LogP) is 3.77. The van der Waals surface area contributed by atoms with E-state index in [1.165, 1.54) is 11.1 Å². The predicted molar refractivity (Wildman–Crippen MR) is 91.4 cm³/mol. The number of anilines is 1. The Kier molecular flexibility index (Phi) is 3.53. The van der Waals surface area contributed by atoms with Crippen LogP contribution in [0.15, 0.2) is 47.3 Å². The maximum atomic E-state index is 11.3. The fourth-order valence-electron chi connectivity index (χ4n) is 2.47. The van der Waals surface area contributed by atoms with E-state index in [1.807, 2.05) is 18.2 Å². The summed E-state index contributed by atoms with van der Waals surface area (Å²) in [7, 11) is 0. The molecule has 1 aromatic heterocycles. The van der Waals surface area contributed by atoms with E-state index in [0.717, 1.165) is 23.3 Å². The zero-order valence-electron chi connectivity index (χ0n) is 13.2. The topological polar surface area (TPSA) is 60.7 Å². The molecule has 0 saturated heterocycles. The van der Waals surface area contributed by atoms with Gasteiger partial charge in [0.05, 0.1) is 11.0 Å². The van der Waals surface area contributed by atoms with Crippen molar-refractivity contribution in [3.8, 4) is 0 Å². The average molecular weight is 295 g/mol. The molecular formula is C18H21N3O. The Morgan fingerprint density at radius 1 is 0.955 bits per heavy atom. The standard InChI is InChI=1S/C18H21N3O/c1-18(2,3)13-6-4-12(5-7-13)11-19-14-8-9-15-16(10-14)21-17(22)20-15/h4-10,19H,11H2,1-3H3,(H2,20,21,22). The second kappa shape index (κ2) is 5.37. The summed E-state index contributed by atoms with van der Waals surface area (Å²) in [5.41, 5.74) is 5.20. The number of hydrogen-bond donors (Lipinski definition) is 3. The fraction of sp³-hybridized carbons (Fsp3) is 0.278. The Bertz CT molecular complexity index is 835. The van der Waals surface area contributed by atoms with Crippen LogP contribution in [0.25, 0.3) is 11.0 Å². The second-order valence-corrected chi connectivity index (χ2v) is 6.64. The smallest absolute Gasteiger partial charge is 0.323 e. The summed E-state index contributed by atoms with van der Waals surface area (Å²) in [6, 6.07) is 14.5. The zero-order chi connectivity index (χ0) is 15.7. The van der Waals surface area contributed by atoms with Gasteiger partial charge in [0.2, 0.25) is 0 Å². The molecule has 0 spiro atoms. The lowest BCUT2D eigenvalue weighted by Crippen LogP contribution is -2.11. The number of hydrogen-bond acceptors (Lipinski definition) is 2. The molecule has 0 unspecified atom stereocenters. The molecule has 3 rings (SSSR count). The number of rotatable bonds is 3. The second-order valence-electron chi connectivity index (χ2n) is 6.64. The van der Waals surface area contributed by atoms with Gasteiger partial charge < -0.3 is 15.3 Å². The lowest BCUT2D eigenvalue weighted by Gasteiger charge is -2.19. The summed E-state index contributed by atoms with van der Waals surface area (Å²) in [5.74, 6) is 0. The van der Waals surface area contributed by atoms with Gasteiger partial charge in [-0.25, -0.2) is 4.79 Å². The van der Waals surface area contributed by atoms with Crippen LogP contribution in [0.4, 0.5) is 5.69 Å². The van der Waals surface area contributed by atoms with Gasteiger partial charge in [-0.1, -0.05) is 45.0 Å². The maximum Gasteiger partial charge on any atom is 0.323 e. The van der Waals surface area contributed by atoms with E-state index in [-0.39, 0.29) is 11.1 Å². The molecule has 2 aromatic carbocycles. The molecule has 3 aromatic rings. The van der Waals surface area contributed by atoms with Crippen LogP contribution in [0.5, 0.6) is 0 Å². The van der Waals surface area contributed by atoms with Crippen molar-refractivity contribution in [3.05, 3.63) is 64.1 Å². The van der Waals surface area contributed by atoms with Crippen molar-refractivity contribution >= 4 is 16.7 Å². The van der Waals surface area contributed by atoms with Crippen molar-refractivity contribution in [1.29, 1.82) is 0 Å². The molecule has 0 aliphatic carbocycles. The fourth-order valence-corrected chi connectivity index (χ4v) is 2.47. The third-order valence-electron chi connectivity index (χ3n) is 3.83. The molecule has 4 nitrogen and oxygen atoms in total. The van der Waals surface area contributed by atoms with E-state index in [4.69, 9.17) is 0 Å². The Morgan fingerprint density at radius 3 is 2.32 bits per heavy atom. The minimum absolute atomic E-state index is 0.176. The van der Waals surface area contributed by atoms with Crippen molar-refractivity contribution in [3.63, 3.8) is 0 Å². The molecule has 4 heteroatoms. The average Bonchev–Trinajstić information content (AvgIpc) is 2.84. The van der Waals surface area contributed by atoms with Crippen LogP contribution in [0.3, 0.4) is 0 Å². The molecule has 22 heavy (non-hydrogen) atoms. The third-order valence-corrected chi connectivity index (χ3v) is 3.83. The molecular weight excluding hydrogens is 274 g/mol.